The third-order valence-electron chi connectivity index (χ3n) is 2.58. The Bertz CT molecular complexity index is 542. The Morgan fingerprint density at radius 3 is 2.69 bits per heavy atom. The lowest BCUT2D eigenvalue weighted by Crippen LogP contribution is -2.02. The molecule has 16 heavy (non-hydrogen) atoms. The van der Waals surface area contributed by atoms with Gasteiger partial charge >= 0.3 is 5.97 Å². The van der Waals surface area contributed by atoms with Crippen LogP contribution in [0.3, 0.4) is 0 Å². The predicted octanol–water partition coefficient (Wildman–Crippen LogP) is 2.27. The van der Waals surface area contributed by atoms with Crippen LogP contribution in [-0.4, -0.2) is 25.2 Å². The number of benzene rings is 1. The Balaban J connectivity index is 2.70. The van der Waals surface area contributed by atoms with E-state index in [-0.39, 0.29) is 5.97 Å². The summed E-state index contributed by atoms with van der Waals surface area (Å²) in [4.78, 5) is 14.8. The van der Waals surface area contributed by atoms with Crippen LogP contribution in [0.2, 0.25) is 0 Å². The van der Waals surface area contributed by atoms with Gasteiger partial charge in [0, 0.05) is 16.6 Å². The van der Waals surface area contributed by atoms with E-state index in [1.165, 1.54) is 7.11 Å². The molecule has 0 aliphatic carbocycles. The van der Waals surface area contributed by atoms with Crippen LogP contribution in [0, 0.1) is 6.92 Å². The normalized spacial score (nSPS) is 10.4. The van der Waals surface area contributed by atoms with E-state index in [0.29, 0.717) is 5.56 Å². The summed E-state index contributed by atoms with van der Waals surface area (Å²) in [6, 6.07) is 5.55. The van der Waals surface area contributed by atoms with Crippen LogP contribution in [0.1, 0.15) is 16.1 Å². The zero-order valence-corrected chi connectivity index (χ0v) is 9.46. The van der Waals surface area contributed by atoms with Crippen LogP contribution in [0.15, 0.2) is 18.2 Å². The Morgan fingerprint density at radius 1 is 1.31 bits per heavy atom. The number of methoxy groups -OCH3 is 2. The third-order valence-corrected chi connectivity index (χ3v) is 2.58. The number of aromatic nitrogens is 1. The maximum atomic E-state index is 11.6. The zero-order chi connectivity index (χ0) is 11.7. The van der Waals surface area contributed by atoms with E-state index in [4.69, 9.17) is 9.47 Å². The summed E-state index contributed by atoms with van der Waals surface area (Å²) in [5.41, 5.74) is 2.27. The summed E-state index contributed by atoms with van der Waals surface area (Å²) in [6.45, 7) is 1.85. The Kier molecular flexibility index (Phi) is 2.56. The summed E-state index contributed by atoms with van der Waals surface area (Å²) in [5, 5.41) is 0.823. The number of nitrogens with one attached hydrogen (secondary N) is 1. The van der Waals surface area contributed by atoms with Crippen molar-refractivity contribution >= 4 is 16.9 Å². The number of fused-ring (bicyclic) bond motifs is 1. The average molecular weight is 219 g/mol. The molecule has 2 rings (SSSR count). The number of esters is 1. The highest BCUT2D eigenvalue weighted by molar-refractivity contribution is 6.05. The number of aryl methyl sites for hydroxylation is 1. The molecule has 1 heterocycles. The van der Waals surface area contributed by atoms with E-state index < -0.39 is 0 Å². The van der Waals surface area contributed by atoms with Gasteiger partial charge in [0.05, 0.1) is 19.8 Å². The van der Waals surface area contributed by atoms with E-state index in [2.05, 4.69) is 4.98 Å². The van der Waals surface area contributed by atoms with E-state index >= 15 is 0 Å². The van der Waals surface area contributed by atoms with Gasteiger partial charge in [0.2, 0.25) is 0 Å². The molecule has 0 amide bonds. The largest absolute Gasteiger partial charge is 0.497 e. The molecule has 1 aromatic heterocycles. The van der Waals surface area contributed by atoms with Crippen molar-refractivity contribution in [2.24, 2.45) is 0 Å². The van der Waals surface area contributed by atoms with Crippen molar-refractivity contribution in [3.05, 3.63) is 29.5 Å². The van der Waals surface area contributed by atoms with Gasteiger partial charge in [-0.05, 0) is 25.1 Å². The third kappa shape index (κ3) is 1.52. The maximum absolute atomic E-state index is 11.6. The minimum absolute atomic E-state index is 0.336. The molecular weight excluding hydrogens is 206 g/mol. The second kappa shape index (κ2) is 3.89. The smallest absolute Gasteiger partial charge is 0.340 e. The van der Waals surface area contributed by atoms with Crippen LogP contribution in [0.5, 0.6) is 5.75 Å². The summed E-state index contributed by atoms with van der Waals surface area (Å²) < 4.78 is 9.89. The maximum Gasteiger partial charge on any atom is 0.340 e. The minimum atomic E-state index is -0.336. The molecule has 0 spiro atoms. The molecule has 1 aromatic carbocycles. The number of carbonyl (C=O) groups excluding carboxylic acids is 1. The first kappa shape index (κ1) is 10.5. The lowest BCUT2D eigenvalue weighted by molar-refractivity contribution is 0.0602. The Hall–Kier alpha value is -1.97. The lowest BCUT2D eigenvalue weighted by Gasteiger charge is -2.01. The van der Waals surface area contributed by atoms with Crippen molar-refractivity contribution in [3.63, 3.8) is 0 Å². The highest BCUT2D eigenvalue weighted by atomic mass is 16.5. The first-order valence-corrected chi connectivity index (χ1v) is 4.92. The molecule has 4 nitrogen and oxygen atoms in total. The van der Waals surface area contributed by atoms with Gasteiger partial charge in [-0.3, -0.25) is 0 Å². The SMILES string of the molecule is COC(=O)c1c(C)[nH]c2ccc(OC)cc12. The van der Waals surface area contributed by atoms with Crippen molar-refractivity contribution in [1.82, 2.24) is 4.98 Å². The van der Waals surface area contributed by atoms with Crippen LogP contribution in [0.25, 0.3) is 10.9 Å². The number of ether oxygens (including phenoxy) is 2. The van der Waals surface area contributed by atoms with Crippen LogP contribution in [0.4, 0.5) is 0 Å². The fourth-order valence-corrected chi connectivity index (χ4v) is 1.80. The van der Waals surface area contributed by atoms with E-state index in [0.717, 1.165) is 22.3 Å². The number of rotatable bonds is 2. The summed E-state index contributed by atoms with van der Waals surface area (Å²) in [7, 11) is 2.97. The van der Waals surface area contributed by atoms with Crippen molar-refractivity contribution < 1.29 is 14.3 Å². The van der Waals surface area contributed by atoms with Crippen LogP contribution < -0.4 is 4.74 Å². The average Bonchev–Trinajstić information content (AvgIpc) is 2.63. The van der Waals surface area contributed by atoms with Gasteiger partial charge in [0.15, 0.2) is 0 Å². The molecule has 1 N–H and O–H groups in total. The second-order valence-electron chi connectivity index (χ2n) is 3.53. The first-order chi connectivity index (χ1) is 7.67. The summed E-state index contributed by atoms with van der Waals surface area (Å²) in [5.74, 6) is 0.383. The highest BCUT2D eigenvalue weighted by Crippen LogP contribution is 2.26. The molecule has 0 saturated carbocycles. The summed E-state index contributed by atoms with van der Waals surface area (Å²) >= 11 is 0. The van der Waals surface area contributed by atoms with Gasteiger partial charge in [-0.2, -0.15) is 0 Å². The number of carbonyl (C=O) groups is 1. The van der Waals surface area contributed by atoms with E-state index in [9.17, 15) is 4.79 Å². The minimum Gasteiger partial charge on any atom is -0.497 e. The number of aromatic amines is 1. The fraction of sp³-hybridized carbons (Fsp3) is 0.250. The standard InChI is InChI=1S/C12H13NO3/c1-7-11(12(14)16-3)9-6-8(15-2)4-5-10(9)13-7/h4-6,13H,1-3H3. The van der Waals surface area contributed by atoms with Crippen molar-refractivity contribution in [1.29, 1.82) is 0 Å². The second-order valence-corrected chi connectivity index (χ2v) is 3.53. The van der Waals surface area contributed by atoms with Crippen molar-refractivity contribution in [2.45, 2.75) is 6.92 Å². The van der Waals surface area contributed by atoms with Crippen LogP contribution >= 0.6 is 0 Å². The molecule has 0 aliphatic heterocycles. The van der Waals surface area contributed by atoms with Crippen molar-refractivity contribution in [3.8, 4) is 5.75 Å². The molecule has 0 atom stereocenters. The molecular formula is C12H13NO3. The Morgan fingerprint density at radius 2 is 2.06 bits per heavy atom. The molecule has 0 aliphatic rings. The molecule has 2 aromatic rings. The van der Waals surface area contributed by atoms with Gasteiger partial charge in [-0.1, -0.05) is 0 Å². The molecule has 0 bridgehead atoms. The number of hydrogen-bond donors (Lipinski definition) is 1. The predicted molar refractivity (Wildman–Crippen MR) is 60.9 cm³/mol. The first-order valence-electron chi connectivity index (χ1n) is 4.92. The number of H-pyrrole nitrogens is 1. The van der Waals surface area contributed by atoms with Crippen molar-refractivity contribution in [2.75, 3.05) is 14.2 Å². The van der Waals surface area contributed by atoms with E-state index in [1.54, 1.807) is 7.11 Å². The van der Waals surface area contributed by atoms with Gasteiger partial charge in [0.25, 0.3) is 0 Å². The monoisotopic (exact) mass is 219 g/mol. The molecule has 84 valence electrons. The zero-order valence-electron chi connectivity index (χ0n) is 9.46. The Labute approximate surface area is 93.2 Å². The molecule has 0 unspecified atom stereocenters. The number of hydrogen-bond acceptors (Lipinski definition) is 3. The van der Waals surface area contributed by atoms with Gasteiger partial charge in [-0.25, -0.2) is 4.79 Å². The molecule has 0 saturated heterocycles. The molecule has 0 fully saturated rings. The van der Waals surface area contributed by atoms with Crippen LogP contribution in [-0.2, 0) is 4.74 Å². The van der Waals surface area contributed by atoms with Gasteiger partial charge in [0.1, 0.15) is 5.75 Å². The summed E-state index contributed by atoms with van der Waals surface area (Å²) in [6.07, 6.45) is 0. The topological polar surface area (TPSA) is 51.3 Å². The van der Waals surface area contributed by atoms with E-state index in [1.807, 2.05) is 25.1 Å². The molecule has 0 radical (unpaired) electrons. The molecule has 4 heteroatoms. The quantitative estimate of drug-likeness (QED) is 0.788. The lowest BCUT2D eigenvalue weighted by atomic mass is 10.1. The van der Waals surface area contributed by atoms with Gasteiger partial charge in [-0.15, -0.1) is 0 Å². The fourth-order valence-electron chi connectivity index (χ4n) is 1.80. The highest BCUT2D eigenvalue weighted by Gasteiger charge is 2.16. The van der Waals surface area contributed by atoms with Gasteiger partial charge < -0.3 is 14.5 Å².